The van der Waals surface area contributed by atoms with Crippen LogP contribution in [0.4, 0.5) is 18.0 Å². The first kappa shape index (κ1) is 13.3. The van der Waals surface area contributed by atoms with Crippen molar-refractivity contribution in [2.45, 2.75) is 32.6 Å². The Morgan fingerprint density at radius 1 is 1.53 bits per heavy atom. The molecule has 1 aromatic heterocycles. The molecule has 0 saturated carbocycles. The molecule has 2 N–H and O–H groups in total. The highest BCUT2D eigenvalue weighted by Gasteiger charge is 2.38. The fourth-order valence-electron chi connectivity index (χ4n) is 1.41. The lowest BCUT2D eigenvalue weighted by Gasteiger charge is -2.13. The van der Waals surface area contributed by atoms with Crippen molar-refractivity contribution >= 4 is 6.09 Å². The fourth-order valence-corrected chi connectivity index (χ4v) is 1.41. The summed E-state index contributed by atoms with van der Waals surface area (Å²) in [5.74, 6) is -1.20. The Morgan fingerprint density at radius 3 is 2.53 bits per heavy atom. The van der Waals surface area contributed by atoms with Crippen molar-refractivity contribution < 1.29 is 23.1 Å². The number of rotatable bonds is 3. The summed E-state index contributed by atoms with van der Waals surface area (Å²) >= 11 is 0. The first-order valence-electron chi connectivity index (χ1n) is 4.77. The number of nitrogens with one attached hydrogen (secondary N) is 1. The van der Waals surface area contributed by atoms with Crippen molar-refractivity contribution in [2.24, 2.45) is 0 Å². The normalized spacial score (nSPS) is 13.5. The average molecular weight is 252 g/mol. The van der Waals surface area contributed by atoms with Gasteiger partial charge in [0, 0.05) is 6.54 Å². The number of nitrogens with zero attached hydrogens (tertiary/aromatic N) is 3. The summed E-state index contributed by atoms with van der Waals surface area (Å²) in [6.45, 7) is 2.89. The number of alkyl halides is 3. The van der Waals surface area contributed by atoms with Crippen LogP contribution in [0, 0.1) is 0 Å². The van der Waals surface area contributed by atoms with Gasteiger partial charge in [-0.15, -0.1) is 10.2 Å². The summed E-state index contributed by atoms with van der Waals surface area (Å²) in [5.41, 5.74) is 0. The average Bonchev–Trinajstić information content (AvgIpc) is 2.58. The van der Waals surface area contributed by atoms with E-state index < -0.39 is 24.1 Å². The van der Waals surface area contributed by atoms with E-state index >= 15 is 0 Å². The van der Waals surface area contributed by atoms with Crippen LogP contribution in [-0.4, -0.2) is 26.0 Å². The molecule has 1 amide bonds. The molecule has 1 atom stereocenters. The van der Waals surface area contributed by atoms with Gasteiger partial charge in [-0.05, 0) is 13.8 Å². The molecule has 1 aromatic rings. The standard InChI is InChI=1S/C8H11F3N4O2/c1-3-15-5(4(2)12-7(16)17)13-14-6(15)8(9,10)11/h4,12H,3H2,1-2H3,(H,16,17). The van der Waals surface area contributed by atoms with Crippen LogP contribution >= 0.6 is 0 Å². The highest BCUT2D eigenvalue weighted by atomic mass is 19.4. The number of aromatic nitrogens is 3. The van der Waals surface area contributed by atoms with Crippen molar-refractivity contribution in [1.82, 2.24) is 20.1 Å². The molecule has 0 aliphatic carbocycles. The second-order valence-corrected chi connectivity index (χ2v) is 3.30. The molecule has 1 heterocycles. The minimum atomic E-state index is -4.61. The number of carbonyl (C=O) groups is 1. The zero-order chi connectivity index (χ0) is 13.2. The van der Waals surface area contributed by atoms with Crippen molar-refractivity contribution in [3.63, 3.8) is 0 Å². The van der Waals surface area contributed by atoms with Crippen LogP contribution < -0.4 is 5.32 Å². The summed E-state index contributed by atoms with van der Waals surface area (Å²) < 4.78 is 38.4. The number of amides is 1. The number of hydrogen-bond acceptors (Lipinski definition) is 3. The zero-order valence-electron chi connectivity index (χ0n) is 9.12. The molecule has 6 nitrogen and oxygen atoms in total. The van der Waals surface area contributed by atoms with Gasteiger partial charge in [0.15, 0.2) is 5.82 Å². The first-order chi connectivity index (χ1) is 7.77. The van der Waals surface area contributed by atoms with Gasteiger partial charge in [-0.25, -0.2) is 4.79 Å². The first-order valence-corrected chi connectivity index (χ1v) is 4.77. The summed E-state index contributed by atoms with van der Waals surface area (Å²) in [6, 6.07) is -0.865. The fraction of sp³-hybridized carbons (Fsp3) is 0.625. The Kier molecular flexibility index (Phi) is 3.59. The Labute approximate surface area is 94.5 Å². The molecule has 0 fully saturated rings. The second-order valence-electron chi connectivity index (χ2n) is 3.30. The van der Waals surface area contributed by atoms with Crippen LogP contribution in [0.5, 0.6) is 0 Å². The van der Waals surface area contributed by atoms with E-state index in [0.717, 1.165) is 4.57 Å². The third-order valence-electron chi connectivity index (χ3n) is 2.08. The Hall–Kier alpha value is -1.80. The number of carboxylic acid groups (broad SMARTS) is 1. The lowest BCUT2D eigenvalue weighted by Crippen LogP contribution is -2.27. The van der Waals surface area contributed by atoms with Crippen molar-refractivity contribution in [3.8, 4) is 0 Å². The minimum absolute atomic E-state index is 0.00279. The second kappa shape index (κ2) is 4.60. The molecule has 96 valence electrons. The van der Waals surface area contributed by atoms with Crippen LogP contribution in [0.2, 0.25) is 0 Å². The summed E-state index contributed by atoms with van der Waals surface area (Å²) in [6.07, 6.45) is -5.94. The zero-order valence-corrected chi connectivity index (χ0v) is 9.12. The van der Waals surface area contributed by atoms with E-state index in [-0.39, 0.29) is 12.4 Å². The third kappa shape index (κ3) is 2.86. The largest absolute Gasteiger partial charge is 0.465 e. The Bertz CT molecular complexity index is 415. The lowest BCUT2D eigenvalue weighted by molar-refractivity contribution is -0.147. The topological polar surface area (TPSA) is 80.0 Å². The van der Waals surface area contributed by atoms with Gasteiger partial charge in [0.2, 0.25) is 5.82 Å². The maximum Gasteiger partial charge on any atom is 0.451 e. The van der Waals surface area contributed by atoms with Gasteiger partial charge < -0.3 is 15.0 Å². The molecule has 1 rings (SSSR count). The van der Waals surface area contributed by atoms with E-state index in [9.17, 15) is 18.0 Å². The van der Waals surface area contributed by atoms with Crippen molar-refractivity contribution in [2.75, 3.05) is 0 Å². The van der Waals surface area contributed by atoms with E-state index in [4.69, 9.17) is 5.11 Å². The third-order valence-corrected chi connectivity index (χ3v) is 2.08. The summed E-state index contributed by atoms with van der Waals surface area (Å²) in [5, 5.41) is 16.9. The van der Waals surface area contributed by atoms with E-state index in [1.165, 1.54) is 13.8 Å². The molecule has 0 radical (unpaired) electrons. The highest BCUT2D eigenvalue weighted by molar-refractivity contribution is 5.64. The maximum atomic E-state index is 12.5. The van der Waals surface area contributed by atoms with E-state index in [2.05, 4.69) is 10.2 Å². The van der Waals surface area contributed by atoms with Gasteiger partial charge in [0.1, 0.15) is 0 Å². The van der Waals surface area contributed by atoms with Gasteiger partial charge in [-0.1, -0.05) is 0 Å². The molecule has 0 saturated heterocycles. The molecule has 0 aliphatic heterocycles. The van der Waals surface area contributed by atoms with Gasteiger partial charge in [-0.3, -0.25) is 0 Å². The highest BCUT2D eigenvalue weighted by Crippen LogP contribution is 2.29. The monoisotopic (exact) mass is 252 g/mol. The lowest BCUT2D eigenvalue weighted by atomic mass is 10.3. The van der Waals surface area contributed by atoms with Gasteiger partial charge in [-0.2, -0.15) is 13.2 Å². The molecular formula is C8H11F3N4O2. The van der Waals surface area contributed by atoms with Gasteiger partial charge in [0.05, 0.1) is 6.04 Å². The quantitative estimate of drug-likeness (QED) is 0.857. The van der Waals surface area contributed by atoms with Gasteiger partial charge in [0.25, 0.3) is 0 Å². The molecule has 0 aromatic carbocycles. The van der Waals surface area contributed by atoms with Crippen LogP contribution in [0.25, 0.3) is 0 Å². The van der Waals surface area contributed by atoms with E-state index in [0.29, 0.717) is 0 Å². The van der Waals surface area contributed by atoms with Gasteiger partial charge >= 0.3 is 12.3 Å². The molecule has 0 bridgehead atoms. The molecule has 17 heavy (non-hydrogen) atoms. The predicted molar refractivity (Wildman–Crippen MR) is 50.3 cm³/mol. The Morgan fingerprint density at radius 2 is 2.12 bits per heavy atom. The Balaban J connectivity index is 3.10. The SMILES string of the molecule is CCn1c(C(C)NC(=O)O)nnc1C(F)(F)F. The van der Waals surface area contributed by atoms with Crippen LogP contribution in [0.1, 0.15) is 31.5 Å². The molecule has 0 aliphatic rings. The smallest absolute Gasteiger partial charge is 0.451 e. The molecule has 1 unspecified atom stereocenters. The number of halogens is 3. The maximum absolute atomic E-state index is 12.5. The van der Waals surface area contributed by atoms with E-state index in [1.54, 1.807) is 0 Å². The van der Waals surface area contributed by atoms with Crippen LogP contribution in [-0.2, 0) is 12.7 Å². The molecular weight excluding hydrogens is 241 g/mol. The van der Waals surface area contributed by atoms with E-state index in [1.807, 2.05) is 5.32 Å². The van der Waals surface area contributed by atoms with Crippen molar-refractivity contribution in [1.29, 1.82) is 0 Å². The molecule has 9 heteroatoms. The summed E-state index contributed by atoms with van der Waals surface area (Å²) in [4.78, 5) is 10.4. The summed E-state index contributed by atoms with van der Waals surface area (Å²) in [7, 11) is 0. The number of hydrogen-bond donors (Lipinski definition) is 2. The molecule has 0 spiro atoms. The predicted octanol–water partition coefficient (Wildman–Crippen LogP) is 1.65. The minimum Gasteiger partial charge on any atom is -0.465 e. The van der Waals surface area contributed by atoms with Crippen LogP contribution in [0.15, 0.2) is 0 Å². The van der Waals surface area contributed by atoms with Crippen LogP contribution in [0.3, 0.4) is 0 Å². The van der Waals surface area contributed by atoms with Crippen molar-refractivity contribution in [3.05, 3.63) is 11.6 Å².